The summed E-state index contributed by atoms with van der Waals surface area (Å²) in [7, 11) is 0. The van der Waals surface area contributed by atoms with Crippen molar-refractivity contribution < 1.29 is 23.4 Å². The van der Waals surface area contributed by atoms with Crippen molar-refractivity contribution >= 4 is 0 Å². The lowest BCUT2D eigenvalue weighted by Crippen LogP contribution is -2.46. The smallest absolute Gasteiger partial charge is 0.390 e. The van der Waals surface area contributed by atoms with Gasteiger partial charge in [0.25, 0.3) is 0 Å². The normalized spacial score (nSPS) is 18.9. The molecule has 4 nitrogen and oxygen atoms in total. The van der Waals surface area contributed by atoms with Gasteiger partial charge in [0, 0.05) is 43.9 Å². The van der Waals surface area contributed by atoms with Crippen LogP contribution in [-0.2, 0) is 0 Å². The zero-order valence-electron chi connectivity index (χ0n) is 10.8. The van der Waals surface area contributed by atoms with E-state index in [9.17, 15) is 23.4 Å². The molecule has 1 aliphatic rings. The summed E-state index contributed by atoms with van der Waals surface area (Å²) >= 11 is 0. The summed E-state index contributed by atoms with van der Waals surface area (Å²) < 4.78 is 38.4. The largest absolute Gasteiger partial charge is 0.508 e. The summed E-state index contributed by atoms with van der Waals surface area (Å²) in [6.07, 6.45) is -5.34. The molecule has 1 fully saturated rings. The molecule has 1 aromatic carbocycles. The van der Waals surface area contributed by atoms with E-state index >= 15 is 0 Å². The van der Waals surface area contributed by atoms with Gasteiger partial charge in [0.15, 0.2) is 0 Å². The van der Waals surface area contributed by atoms with Gasteiger partial charge in [-0.1, -0.05) is 6.07 Å². The van der Waals surface area contributed by atoms with Crippen LogP contribution in [0, 0.1) is 0 Å². The first kappa shape index (κ1) is 14.9. The van der Waals surface area contributed by atoms with Crippen molar-refractivity contribution in [2.24, 2.45) is 0 Å². The standard InChI is InChI=1S/C13H17F3N2O2/c14-13(15,16)8-11(18-5-3-17-4-6-18)10-2-1-9(19)7-12(10)20/h1-2,7,11,17,19-20H,3-6,8H2/t11-/m1/s1. The van der Waals surface area contributed by atoms with Crippen molar-refractivity contribution in [1.82, 2.24) is 10.2 Å². The number of piperazine rings is 1. The lowest BCUT2D eigenvalue weighted by atomic mass is 9.99. The van der Waals surface area contributed by atoms with Gasteiger partial charge < -0.3 is 15.5 Å². The molecular formula is C13H17F3N2O2. The Balaban J connectivity index is 2.29. The molecule has 0 aromatic heterocycles. The first-order chi connectivity index (χ1) is 9.37. The molecule has 0 aliphatic carbocycles. The summed E-state index contributed by atoms with van der Waals surface area (Å²) in [4.78, 5) is 1.70. The molecule has 0 bridgehead atoms. The van der Waals surface area contributed by atoms with E-state index in [0.29, 0.717) is 26.2 Å². The molecule has 1 heterocycles. The van der Waals surface area contributed by atoms with E-state index in [2.05, 4.69) is 5.32 Å². The Morgan fingerprint density at radius 1 is 1.20 bits per heavy atom. The summed E-state index contributed by atoms with van der Waals surface area (Å²) in [6, 6.07) is 2.78. The summed E-state index contributed by atoms with van der Waals surface area (Å²) in [5.41, 5.74) is 0.196. The summed E-state index contributed by atoms with van der Waals surface area (Å²) in [5, 5.41) is 22.2. The average Bonchev–Trinajstić information content (AvgIpc) is 2.36. The number of nitrogens with zero attached hydrogens (tertiary/aromatic N) is 1. The van der Waals surface area contributed by atoms with Crippen LogP contribution in [0.5, 0.6) is 11.5 Å². The van der Waals surface area contributed by atoms with Crippen LogP contribution in [0.1, 0.15) is 18.0 Å². The topological polar surface area (TPSA) is 55.7 Å². The maximum Gasteiger partial charge on any atom is 0.390 e. The number of alkyl halides is 3. The highest BCUT2D eigenvalue weighted by Crippen LogP contribution is 2.38. The molecule has 2 rings (SSSR count). The van der Waals surface area contributed by atoms with E-state index in [1.54, 1.807) is 4.90 Å². The highest BCUT2D eigenvalue weighted by molar-refractivity contribution is 5.41. The van der Waals surface area contributed by atoms with Crippen LogP contribution in [0.3, 0.4) is 0 Å². The maximum atomic E-state index is 12.8. The first-order valence-electron chi connectivity index (χ1n) is 6.40. The Morgan fingerprint density at radius 3 is 2.40 bits per heavy atom. The van der Waals surface area contributed by atoms with E-state index in [1.807, 2.05) is 0 Å². The van der Waals surface area contributed by atoms with E-state index in [1.165, 1.54) is 12.1 Å². The molecule has 0 saturated carbocycles. The van der Waals surface area contributed by atoms with Crippen molar-refractivity contribution in [2.45, 2.75) is 18.6 Å². The monoisotopic (exact) mass is 290 g/mol. The number of nitrogens with one attached hydrogen (secondary N) is 1. The number of hydrogen-bond donors (Lipinski definition) is 3. The van der Waals surface area contributed by atoms with Crippen molar-refractivity contribution in [3.63, 3.8) is 0 Å². The second kappa shape index (κ2) is 5.88. The fraction of sp³-hybridized carbons (Fsp3) is 0.538. The first-order valence-corrected chi connectivity index (χ1v) is 6.40. The number of rotatable bonds is 3. The number of benzene rings is 1. The highest BCUT2D eigenvalue weighted by Gasteiger charge is 2.37. The summed E-state index contributed by atoms with van der Waals surface area (Å²) in [5.74, 6) is -0.477. The molecule has 0 unspecified atom stereocenters. The third kappa shape index (κ3) is 3.77. The predicted molar refractivity (Wildman–Crippen MR) is 67.6 cm³/mol. The van der Waals surface area contributed by atoms with Gasteiger partial charge in [0.2, 0.25) is 0 Å². The second-order valence-electron chi connectivity index (χ2n) is 4.86. The maximum absolute atomic E-state index is 12.8. The quantitative estimate of drug-likeness (QED) is 0.797. The van der Waals surface area contributed by atoms with Crippen molar-refractivity contribution in [1.29, 1.82) is 0 Å². The fourth-order valence-corrected chi connectivity index (χ4v) is 2.46. The van der Waals surface area contributed by atoms with Gasteiger partial charge in [-0.3, -0.25) is 4.90 Å². The van der Waals surface area contributed by atoms with Gasteiger partial charge in [-0.2, -0.15) is 13.2 Å². The molecular weight excluding hydrogens is 273 g/mol. The predicted octanol–water partition coefficient (Wildman–Crippen LogP) is 2.00. The van der Waals surface area contributed by atoms with Gasteiger partial charge in [-0.25, -0.2) is 0 Å². The van der Waals surface area contributed by atoms with Gasteiger partial charge in [-0.05, 0) is 6.07 Å². The minimum atomic E-state index is -4.32. The molecule has 1 aliphatic heterocycles. The Morgan fingerprint density at radius 2 is 1.85 bits per heavy atom. The number of aromatic hydroxyl groups is 2. The van der Waals surface area contributed by atoms with Crippen LogP contribution in [0.4, 0.5) is 13.2 Å². The third-order valence-electron chi connectivity index (χ3n) is 3.39. The molecule has 0 amide bonds. The number of phenols is 2. The van der Waals surface area contributed by atoms with Crippen LogP contribution in [0.2, 0.25) is 0 Å². The molecule has 7 heteroatoms. The zero-order valence-corrected chi connectivity index (χ0v) is 10.8. The van der Waals surface area contributed by atoms with Gasteiger partial charge in [-0.15, -0.1) is 0 Å². The molecule has 1 aromatic rings. The number of phenolic OH excluding ortho intramolecular Hbond substituents is 2. The van der Waals surface area contributed by atoms with Gasteiger partial charge >= 0.3 is 6.18 Å². The number of halogens is 3. The molecule has 1 saturated heterocycles. The average molecular weight is 290 g/mol. The van der Waals surface area contributed by atoms with Crippen LogP contribution in [0.25, 0.3) is 0 Å². The zero-order chi connectivity index (χ0) is 14.8. The fourth-order valence-electron chi connectivity index (χ4n) is 2.46. The van der Waals surface area contributed by atoms with Crippen molar-refractivity contribution in [2.75, 3.05) is 26.2 Å². The number of hydrogen-bond acceptors (Lipinski definition) is 4. The molecule has 20 heavy (non-hydrogen) atoms. The lowest BCUT2D eigenvalue weighted by molar-refractivity contribution is -0.148. The lowest BCUT2D eigenvalue weighted by Gasteiger charge is -2.35. The molecule has 112 valence electrons. The molecule has 1 atom stereocenters. The van der Waals surface area contributed by atoms with Gasteiger partial charge in [0.05, 0.1) is 6.42 Å². The Kier molecular flexibility index (Phi) is 4.39. The Labute approximate surface area is 114 Å². The summed E-state index contributed by atoms with van der Waals surface area (Å²) in [6.45, 7) is 2.21. The van der Waals surface area contributed by atoms with Gasteiger partial charge in [0.1, 0.15) is 11.5 Å². The van der Waals surface area contributed by atoms with E-state index < -0.39 is 18.6 Å². The van der Waals surface area contributed by atoms with Crippen LogP contribution >= 0.6 is 0 Å². The van der Waals surface area contributed by atoms with Crippen LogP contribution in [-0.4, -0.2) is 47.5 Å². The SMILES string of the molecule is Oc1ccc([C@@H](CC(F)(F)F)N2CCNCC2)c(O)c1. The third-order valence-corrected chi connectivity index (χ3v) is 3.39. The Hall–Kier alpha value is -1.47. The second-order valence-corrected chi connectivity index (χ2v) is 4.86. The highest BCUT2D eigenvalue weighted by atomic mass is 19.4. The van der Waals surface area contributed by atoms with Crippen LogP contribution in [0.15, 0.2) is 18.2 Å². The van der Waals surface area contributed by atoms with Crippen molar-refractivity contribution in [3.05, 3.63) is 23.8 Å². The molecule has 0 spiro atoms. The Bertz CT molecular complexity index is 459. The molecule has 0 radical (unpaired) electrons. The minimum absolute atomic E-state index is 0.169. The van der Waals surface area contributed by atoms with Crippen molar-refractivity contribution in [3.8, 4) is 11.5 Å². The minimum Gasteiger partial charge on any atom is -0.508 e. The van der Waals surface area contributed by atoms with E-state index in [0.717, 1.165) is 6.07 Å². The van der Waals surface area contributed by atoms with E-state index in [4.69, 9.17) is 0 Å². The van der Waals surface area contributed by atoms with E-state index in [-0.39, 0.29) is 17.1 Å². The van der Waals surface area contributed by atoms with Crippen LogP contribution < -0.4 is 5.32 Å². The molecule has 3 N–H and O–H groups in total.